The third-order valence-electron chi connectivity index (χ3n) is 5.04. The molecule has 2 aromatic heterocycles. The van der Waals surface area contributed by atoms with Crippen LogP contribution in [0.25, 0.3) is 10.2 Å². The number of fused-ring (bicyclic) bond motifs is 1. The van der Waals surface area contributed by atoms with Gasteiger partial charge < -0.3 is 15.0 Å². The highest BCUT2D eigenvalue weighted by atomic mass is 79.9. The zero-order valence-electron chi connectivity index (χ0n) is 15.2. The first kappa shape index (κ1) is 18.0. The Hall–Kier alpha value is -2.03. The summed E-state index contributed by atoms with van der Waals surface area (Å²) < 4.78 is 7.18. The van der Waals surface area contributed by atoms with Gasteiger partial charge in [-0.2, -0.15) is 0 Å². The van der Waals surface area contributed by atoms with Crippen molar-refractivity contribution in [1.29, 1.82) is 0 Å². The van der Waals surface area contributed by atoms with Crippen molar-refractivity contribution in [3.05, 3.63) is 46.2 Å². The molecule has 1 aliphatic heterocycles. The summed E-state index contributed by atoms with van der Waals surface area (Å²) in [6, 6.07) is 9.56. The lowest BCUT2D eigenvalue weighted by Crippen LogP contribution is -2.36. The number of carbonyl (C=O) groups excluding carboxylic acids is 1. The lowest BCUT2D eigenvalue weighted by molar-refractivity contribution is 0.102. The van der Waals surface area contributed by atoms with Gasteiger partial charge in [-0.25, -0.2) is 9.97 Å². The second kappa shape index (κ2) is 7.42. The van der Waals surface area contributed by atoms with Crippen LogP contribution in [-0.2, 0) is 4.74 Å². The Balaban J connectivity index is 1.48. The van der Waals surface area contributed by atoms with E-state index >= 15 is 0 Å². The largest absolute Gasteiger partial charge is 0.378 e. The highest BCUT2D eigenvalue weighted by Gasteiger charge is 2.28. The molecule has 0 bridgehead atoms. The van der Waals surface area contributed by atoms with Gasteiger partial charge in [-0.05, 0) is 64.5 Å². The molecule has 0 atom stereocenters. The number of thiazole rings is 1. The number of pyridine rings is 1. The molecule has 0 spiro atoms. The van der Waals surface area contributed by atoms with Gasteiger partial charge in [-0.3, -0.25) is 4.79 Å². The summed E-state index contributed by atoms with van der Waals surface area (Å²) in [7, 11) is 0. The van der Waals surface area contributed by atoms with Crippen LogP contribution in [0.1, 0.15) is 34.8 Å². The van der Waals surface area contributed by atoms with Gasteiger partial charge in [0.1, 0.15) is 10.3 Å². The molecule has 1 amide bonds. The van der Waals surface area contributed by atoms with Crippen molar-refractivity contribution in [3.63, 3.8) is 0 Å². The Bertz CT molecular complexity index is 1040. The monoisotopic (exact) mass is 458 g/mol. The van der Waals surface area contributed by atoms with E-state index in [1.807, 2.05) is 12.1 Å². The first-order valence-electron chi connectivity index (χ1n) is 9.38. The minimum absolute atomic E-state index is 0.194. The molecule has 1 N–H and O–H groups in total. The molecule has 28 heavy (non-hydrogen) atoms. The Kier molecular flexibility index (Phi) is 4.78. The fourth-order valence-corrected chi connectivity index (χ4v) is 4.81. The number of rotatable bonds is 4. The van der Waals surface area contributed by atoms with Gasteiger partial charge in [0.25, 0.3) is 5.91 Å². The van der Waals surface area contributed by atoms with Crippen LogP contribution in [0.15, 0.2) is 34.9 Å². The van der Waals surface area contributed by atoms with E-state index in [9.17, 15) is 4.79 Å². The molecule has 5 rings (SSSR count). The normalized spacial score (nSPS) is 17.1. The highest BCUT2D eigenvalue weighted by Crippen LogP contribution is 2.46. The SMILES string of the molecule is O=C(Nc1cc2sc(N3CCOCC3)nc2cc1C1CC1)c1cccc(Br)n1. The molecule has 1 aliphatic carbocycles. The molecule has 3 aromatic rings. The molecule has 2 aliphatic rings. The second-order valence-electron chi connectivity index (χ2n) is 7.08. The summed E-state index contributed by atoms with van der Waals surface area (Å²) in [6.07, 6.45) is 2.31. The van der Waals surface area contributed by atoms with Crippen LogP contribution in [-0.4, -0.2) is 42.2 Å². The Labute approximate surface area is 175 Å². The first-order valence-corrected chi connectivity index (χ1v) is 11.0. The quantitative estimate of drug-likeness (QED) is 0.586. The standard InChI is InChI=1S/C20H19BrN4O2S/c21-18-3-1-2-14(22-18)19(26)23-15-11-17-16(10-13(15)12-4-5-12)24-20(28-17)25-6-8-27-9-7-25/h1-3,10-12H,4-9H2,(H,23,26). The van der Waals surface area contributed by atoms with E-state index in [2.05, 4.69) is 43.3 Å². The van der Waals surface area contributed by atoms with Gasteiger partial charge in [0.2, 0.25) is 0 Å². The number of anilines is 2. The molecule has 8 heteroatoms. The van der Waals surface area contributed by atoms with E-state index in [1.165, 1.54) is 5.56 Å². The zero-order chi connectivity index (χ0) is 19.1. The molecule has 0 unspecified atom stereocenters. The fraction of sp³-hybridized carbons (Fsp3) is 0.350. The predicted octanol–water partition coefficient (Wildman–Crippen LogP) is 4.42. The maximum Gasteiger partial charge on any atom is 0.274 e. The lowest BCUT2D eigenvalue weighted by atomic mass is 10.1. The number of benzene rings is 1. The molecule has 0 radical (unpaired) electrons. The van der Waals surface area contributed by atoms with E-state index in [1.54, 1.807) is 17.4 Å². The van der Waals surface area contributed by atoms with Crippen LogP contribution in [0.4, 0.5) is 10.8 Å². The smallest absolute Gasteiger partial charge is 0.274 e. The molecule has 3 heterocycles. The minimum atomic E-state index is -0.194. The maximum absolute atomic E-state index is 12.7. The lowest BCUT2D eigenvalue weighted by Gasteiger charge is -2.25. The number of nitrogens with one attached hydrogen (secondary N) is 1. The fourth-order valence-electron chi connectivity index (χ4n) is 3.43. The van der Waals surface area contributed by atoms with Crippen molar-refractivity contribution in [2.24, 2.45) is 0 Å². The molecule has 1 aromatic carbocycles. The number of amides is 1. The molecule has 6 nitrogen and oxygen atoms in total. The van der Waals surface area contributed by atoms with Gasteiger partial charge in [-0.1, -0.05) is 17.4 Å². The van der Waals surface area contributed by atoms with Crippen LogP contribution in [0, 0.1) is 0 Å². The Morgan fingerprint density at radius 1 is 1.21 bits per heavy atom. The summed E-state index contributed by atoms with van der Waals surface area (Å²) in [4.78, 5) is 24.1. The van der Waals surface area contributed by atoms with E-state index < -0.39 is 0 Å². The van der Waals surface area contributed by atoms with Gasteiger partial charge >= 0.3 is 0 Å². The topological polar surface area (TPSA) is 67.4 Å². The van der Waals surface area contributed by atoms with Crippen molar-refractivity contribution in [2.75, 3.05) is 36.5 Å². The molecule has 2 fully saturated rings. The van der Waals surface area contributed by atoms with Crippen LogP contribution >= 0.6 is 27.3 Å². The van der Waals surface area contributed by atoms with E-state index in [0.29, 0.717) is 16.2 Å². The van der Waals surface area contributed by atoms with Crippen molar-refractivity contribution in [1.82, 2.24) is 9.97 Å². The summed E-state index contributed by atoms with van der Waals surface area (Å²) in [5, 5.41) is 4.10. The van der Waals surface area contributed by atoms with Crippen LogP contribution in [0.3, 0.4) is 0 Å². The molecular formula is C20H19BrN4O2S. The minimum Gasteiger partial charge on any atom is -0.378 e. The van der Waals surface area contributed by atoms with E-state index in [0.717, 1.165) is 60.2 Å². The second-order valence-corrected chi connectivity index (χ2v) is 8.90. The number of nitrogens with zero attached hydrogens (tertiary/aromatic N) is 3. The Morgan fingerprint density at radius 3 is 2.79 bits per heavy atom. The highest BCUT2D eigenvalue weighted by molar-refractivity contribution is 9.10. The van der Waals surface area contributed by atoms with Gasteiger partial charge in [-0.15, -0.1) is 0 Å². The maximum atomic E-state index is 12.7. The molecule has 1 saturated heterocycles. The van der Waals surface area contributed by atoms with Crippen molar-refractivity contribution < 1.29 is 9.53 Å². The number of morpholine rings is 1. The van der Waals surface area contributed by atoms with Gasteiger partial charge in [0.05, 0.1) is 23.4 Å². The van der Waals surface area contributed by atoms with E-state index in [-0.39, 0.29) is 5.91 Å². The summed E-state index contributed by atoms with van der Waals surface area (Å²) in [6.45, 7) is 3.22. The molecule has 144 valence electrons. The summed E-state index contributed by atoms with van der Waals surface area (Å²) >= 11 is 4.99. The van der Waals surface area contributed by atoms with Crippen molar-refractivity contribution in [2.45, 2.75) is 18.8 Å². The van der Waals surface area contributed by atoms with Crippen LogP contribution in [0.5, 0.6) is 0 Å². The zero-order valence-corrected chi connectivity index (χ0v) is 17.6. The predicted molar refractivity (Wildman–Crippen MR) is 115 cm³/mol. The average Bonchev–Trinajstić information content (AvgIpc) is 3.47. The number of ether oxygens (including phenoxy) is 1. The number of hydrogen-bond donors (Lipinski definition) is 1. The third kappa shape index (κ3) is 3.64. The van der Waals surface area contributed by atoms with Gasteiger partial charge in [0, 0.05) is 18.8 Å². The van der Waals surface area contributed by atoms with E-state index in [4.69, 9.17) is 9.72 Å². The summed E-state index contributed by atoms with van der Waals surface area (Å²) in [5.41, 5.74) is 3.45. The molecule has 1 saturated carbocycles. The summed E-state index contributed by atoms with van der Waals surface area (Å²) in [5.74, 6) is 0.309. The molecular weight excluding hydrogens is 440 g/mol. The average molecular weight is 459 g/mol. The van der Waals surface area contributed by atoms with Crippen molar-refractivity contribution >= 4 is 54.2 Å². The van der Waals surface area contributed by atoms with Gasteiger partial charge in [0.15, 0.2) is 5.13 Å². The van der Waals surface area contributed by atoms with Crippen LogP contribution in [0.2, 0.25) is 0 Å². The number of carbonyl (C=O) groups is 1. The number of halogens is 1. The van der Waals surface area contributed by atoms with Crippen LogP contribution < -0.4 is 10.2 Å². The number of aromatic nitrogens is 2. The third-order valence-corrected chi connectivity index (χ3v) is 6.56. The van der Waals surface area contributed by atoms with Crippen molar-refractivity contribution in [3.8, 4) is 0 Å². The number of hydrogen-bond acceptors (Lipinski definition) is 6. The Morgan fingerprint density at radius 2 is 2.04 bits per heavy atom. The first-order chi connectivity index (χ1) is 13.7.